The number of ether oxygens (including phenoxy) is 4. The molecule has 148 valence electrons. The van der Waals surface area contributed by atoms with Gasteiger partial charge in [0.1, 0.15) is 15.9 Å². The number of esters is 1. The Bertz CT molecular complexity index is 920. The van der Waals surface area contributed by atoms with Gasteiger partial charge in [0.2, 0.25) is 5.75 Å². The van der Waals surface area contributed by atoms with E-state index in [-0.39, 0.29) is 27.6 Å². The van der Waals surface area contributed by atoms with Gasteiger partial charge >= 0.3 is 5.97 Å². The number of thiophene rings is 1. The summed E-state index contributed by atoms with van der Waals surface area (Å²) in [5, 5.41) is 12.4. The molecule has 9 heteroatoms. The first-order chi connectivity index (χ1) is 13.4. The zero-order valence-electron chi connectivity index (χ0n) is 16.2. The molecule has 1 amide bonds. The van der Waals surface area contributed by atoms with Gasteiger partial charge < -0.3 is 24.3 Å². The number of carbonyl (C=O) groups is 2. The van der Waals surface area contributed by atoms with E-state index in [2.05, 4.69) is 5.32 Å². The van der Waals surface area contributed by atoms with E-state index in [1.807, 2.05) is 6.07 Å². The molecule has 28 heavy (non-hydrogen) atoms. The van der Waals surface area contributed by atoms with Crippen LogP contribution in [0, 0.1) is 18.3 Å². The second-order valence-electron chi connectivity index (χ2n) is 5.46. The number of amides is 1. The first-order valence-corrected chi connectivity index (χ1v) is 9.05. The highest BCUT2D eigenvalue weighted by atomic mass is 32.1. The quantitative estimate of drug-likeness (QED) is 0.705. The highest BCUT2D eigenvalue weighted by Gasteiger charge is 2.23. The van der Waals surface area contributed by atoms with Crippen molar-refractivity contribution in [2.75, 3.05) is 33.3 Å². The number of carbonyl (C=O) groups excluding carboxylic acids is 2. The van der Waals surface area contributed by atoms with Crippen LogP contribution < -0.4 is 19.5 Å². The fraction of sp³-hybridized carbons (Fsp3) is 0.316. The second kappa shape index (κ2) is 9.10. The smallest absolute Gasteiger partial charge is 0.348 e. The number of anilines is 1. The highest BCUT2D eigenvalue weighted by molar-refractivity contribution is 7.18. The number of methoxy groups -OCH3 is 3. The average molecular weight is 404 g/mol. The molecule has 2 rings (SSSR count). The molecule has 0 radical (unpaired) electrons. The summed E-state index contributed by atoms with van der Waals surface area (Å²) < 4.78 is 20.7. The van der Waals surface area contributed by atoms with Gasteiger partial charge in [-0.15, -0.1) is 11.3 Å². The van der Waals surface area contributed by atoms with Crippen LogP contribution in [0.1, 0.15) is 38.1 Å². The molecule has 0 aliphatic carbocycles. The van der Waals surface area contributed by atoms with Gasteiger partial charge in [-0.1, -0.05) is 0 Å². The molecule has 1 heterocycles. The molecule has 1 aromatic carbocycles. The molecule has 0 saturated heterocycles. The van der Waals surface area contributed by atoms with Crippen LogP contribution in [0.15, 0.2) is 12.1 Å². The Morgan fingerprint density at radius 3 is 2.21 bits per heavy atom. The third-order valence-electron chi connectivity index (χ3n) is 3.87. The van der Waals surface area contributed by atoms with Crippen molar-refractivity contribution >= 4 is 28.2 Å². The Morgan fingerprint density at radius 1 is 1.14 bits per heavy atom. The Labute approximate surface area is 166 Å². The van der Waals surface area contributed by atoms with E-state index in [9.17, 15) is 14.9 Å². The lowest BCUT2D eigenvalue weighted by Crippen LogP contribution is -2.12. The normalized spacial score (nSPS) is 10.0. The standard InChI is InChI=1S/C19H20N2O6S/c1-6-27-19(23)16-10(2)12(9-20)18(28-16)21-17(22)11-7-13(24-3)15(26-5)14(8-11)25-4/h7-8H,6H2,1-5H3,(H,21,22). The molecule has 8 nitrogen and oxygen atoms in total. The van der Waals surface area contributed by atoms with Gasteiger partial charge in [0, 0.05) is 5.56 Å². The predicted molar refractivity (Wildman–Crippen MR) is 104 cm³/mol. The molecule has 0 aliphatic heterocycles. The summed E-state index contributed by atoms with van der Waals surface area (Å²) in [6.45, 7) is 3.54. The molecule has 0 atom stereocenters. The van der Waals surface area contributed by atoms with Crippen LogP contribution in [0.5, 0.6) is 17.2 Å². The zero-order chi connectivity index (χ0) is 20.8. The Kier molecular flexibility index (Phi) is 6.84. The summed E-state index contributed by atoms with van der Waals surface area (Å²) in [5.74, 6) is -0.0258. The molecule has 1 aromatic heterocycles. The Morgan fingerprint density at radius 2 is 1.75 bits per heavy atom. The minimum Gasteiger partial charge on any atom is -0.493 e. The molecule has 1 N–H and O–H groups in total. The summed E-state index contributed by atoms with van der Waals surface area (Å²) in [6, 6.07) is 5.01. The van der Waals surface area contributed by atoms with Crippen LogP contribution >= 0.6 is 11.3 Å². The number of nitriles is 1. The Balaban J connectivity index is 2.42. The van der Waals surface area contributed by atoms with Gasteiger partial charge in [-0.25, -0.2) is 4.79 Å². The molecule has 2 aromatic rings. The van der Waals surface area contributed by atoms with Gasteiger partial charge in [0.05, 0.1) is 33.5 Å². The number of hydrogen-bond donors (Lipinski definition) is 1. The summed E-state index contributed by atoms with van der Waals surface area (Å²) >= 11 is 0.993. The minimum absolute atomic E-state index is 0.213. The lowest BCUT2D eigenvalue weighted by Gasteiger charge is -2.13. The van der Waals surface area contributed by atoms with E-state index in [0.717, 1.165) is 11.3 Å². The SMILES string of the molecule is CCOC(=O)c1sc(NC(=O)c2cc(OC)c(OC)c(OC)c2)c(C#N)c1C. The molecule has 0 fully saturated rings. The van der Waals surface area contributed by atoms with Crippen LogP contribution in [0.2, 0.25) is 0 Å². The maximum Gasteiger partial charge on any atom is 0.348 e. The lowest BCUT2D eigenvalue weighted by atomic mass is 10.1. The predicted octanol–water partition coefficient (Wildman–Crippen LogP) is 3.38. The van der Waals surface area contributed by atoms with E-state index < -0.39 is 11.9 Å². The first-order valence-electron chi connectivity index (χ1n) is 8.23. The van der Waals surface area contributed by atoms with Gasteiger partial charge in [-0.3, -0.25) is 4.79 Å². The average Bonchev–Trinajstić information content (AvgIpc) is 3.01. The number of rotatable bonds is 7. The van der Waals surface area contributed by atoms with Crippen molar-refractivity contribution in [3.8, 4) is 23.3 Å². The van der Waals surface area contributed by atoms with Gasteiger partial charge in [0.15, 0.2) is 11.5 Å². The van der Waals surface area contributed by atoms with Crippen LogP contribution in [0.4, 0.5) is 5.00 Å². The van der Waals surface area contributed by atoms with Crippen molar-refractivity contribution in [2.24, 2.45) is 0 Å². The summed E-state index contributed by atoms with van der Waals surface area (Å²) in [7, 11) is 4.35. The fourth-order valence-electron chi connectivity index (χ4n) is 2.51. The third-order valence-corrected chi connectivity index (χ3v) is 5.06. The van der Waals surface area contributed by atoms with Gasteiger partial charge in [0.25, 0.3) is 5.91 Å². The monoisotopic (exact) mass is 404 g/mol. The molecule has 0 spiro atoms. The van der Waals surface area contributed by atoms with E-state index in [4.69, 9.17) is 18.9 Å². The number of nitrogens with one attached hydrogen (secondary N) is 1. The number of nitrogens with zero attached hydrogens (tertiary/aromatic N) is 1. The van der Waals surface area contributed by atoms with Crippen LogP contribution in [0.3, 0.4) is 0 Å². The zero-order valence-corrected chi connectivity index (χ0v) is 17.0. The maximum absolute atomic E-state index is 12.8. The summed E-state index contributed by atoms with van der Waals surface area (Å²) in [6.07, 6.45) is 0. The molecule has 0 bridgehead atoms. The van der Waals surface area contributed by atoms with Crippen molar-refractivity contribution in [3.05, 3.63) is 33.7 Å². The van der Waals surface area contributed by atoms with Crippen molar-refractivity contribution in [2.45, 2.75) is 13.8 Å². The van der Waals surface area contributed by atoms with E-state index in [1.165, 1.54) is 33.5 Å². The van der Waals surface area contributed by atoms with Crippen LogP contribution in [-0.2, 0) is 4.74 Å². The third kappa shape index (κ3) is 4.02. The first kappa shape index (κ1) is 21.1. The van der Waals surface area contributed by atoms with E-state index in [0.29, 0.717) is 22.8 Å². The second-order valence-corrected chi connectivity index (χ2v) is 6.48. The molecular formula is C19H20N2O6S. The minimum atomic E-state index is -0.533. The Hall–Kier alpha value is -3.25. The largest absolute Gasteiger partial charge is 0.493 e. The molecular weight excluding hydrogens is 384 g/mol. The van der Waals surface area contributed by atoms with Crippen molar-refractivity contribution < 1.29 is 28.5 Å². The number of benzene rings is 1. The summed E-state index contributed by atoms with van der Waals surface area (Å²) in [5.41, 5.74) is 0.919. The van der Waals surface area contributed by atoms with Crippen LogP contribution in [0.25, 0.3) is 0 Å². The van der Waals surface area contributed by atoms with Crippen molar-refractivity contribution in [1.29, 1.82) is 5.26 Å². The number of hydrogen-bond acceptors (Lipinski definition) is 8. The highest BCUT2D eigenvalue weighted by Crippen LogP contribution is 2.39. The topological polar surface area (TPSA) is 107 Å². The van der Waals surface area contributed by atoms with Crippen molar-refractivity contribution in [1.82, 2.24) is 0 Å². The molecule has 0 saturated carbocycles. The van der Waals surface area contributed by atoms with Gasteiger partial charge in [-0.2, -0.15) is 5.26 Å². The van der Waals surface area contributed by atoms with E-state index in [1.54, 1.807) is 13.8 Å². The summed E-state index contributed by atoms with van der Waals surface area (Å²) in [4.78, 5) is 25.1. The van der Waals surface area contributed by atoms with Crippen molar-refractivity contribution in [3.63, 3.8) is 0 Å². The van der Waals surface area contributed by atoms with E-state index >= 15 is 0 Å². The molecule has 0 aliphatic rings. The fourth-order valence-corrected chi connectivity index (χ4v) is 3.56. The van der Waals surface area contributed by atoms with Crippen LogP contribution in [-0.4, -0.2) is 39.8 Å². The van der Waals surface area contributed by atoms with Gasteiger partial charge in [-0.05, 0) is 31.5 Å². The lowest BCUT2D eigenvalue weighted by molar-refractivity contribution is 0.0531. The maximum atomic E-state index is 12.8. The molecule has 0 unspecified atom stereocenters.